The number of hydrogen-bond donors (Lipinski definition) is 2. The second-order valence-electron chi connectivity index (χ2n) is 4.82. The Morgan fingerprint density at radius 3 is 2.59 bits per heavy atom. The van der Waals surface area contributed by atoms with Crippen LogP contribution in [0.25, 0.3) is 0 Å². The van der Waals surface area contributed by atoms with E-state index in [1.54, 1.807) is 6.07 Å². The number of alkyl halides is 3. The van der Waals surface area contributed by atoms with Crippen molar-refractivity contribution in [1.29, 1.82) is 0 Å². The van der Waals surface area contributed by atoms with Gasteiger partial charge in [-0.3, -0.25) is 4.79 Å². The fourth-order valence-electron chi connectivity index (χ4n) is 1.73. The second-order valence-corrected chi connectivity index (χ2v) is 4.82. The molecule has 0 spiro atoms. The van der Waals surface area contributed by atoms with Crippen molar-refractivity contribution in [1.82, 2.24) is 10.2 Å². The lowest BCUT2D eigenvalue weighted by molar-refractivity contribution is -0.137. The summed E-state index contributed by atoms with van der Waals surface area (Å²) in [6.07, 6.45) is -4.05. The topological polar surface area (TPSA) is 75.4 Å². The molecule has 0 aromatic heterocycles. The number of nitrogens with two attached hydrogens (primary N) is 1. The Hall–Kier alpha value is -2.25. The van der Waals surface area contributed by atoms with Gasteiger partial charge in [-0.2, -0.15) is 13.2 Å². The summed E-state index contributed by atoms with van der Waals surface area (Å²) in [5.41, 5.74) is 4.75. The predicted molar refractivity (Wildman–Crippen MR) is 75.0 cm³/mol. The van der Waals surface area contributed by atoms with Crippen molar-refractivity contribution in [3.05, 3.63) is 35.4 Å². The van der Waals surface area contributed by atoms with Crippen LogP contribution in [0, 0.1) is 0 Å². The van der Waals surface area contributed by atoms with Crippen LogP contribution in [0.2, 0.25) is 0 Å². The Morgan fingerprint density at radius 2 is 2.00 bits per heavy atom. The second kappa shape index (κ2) is 7.67. The molecule has 5 nitrogen and oxygen atoms in total. The number of primary amides is 1. The number of nitrogens with one attached hydrogen (secondary N) is 1. The first-order chi connectivity index (χ1) is 10.2. The number of urea groups is 1. The zero-order valence-electron chi connectivity index (χ0n) is 12.1. The van der Waals surface area contributed by atoms with Crippen LogP contribution in [0.4, 0.5) is 18.0 Å². The number of halogens is 3. The van der Waals surface area contributed by atoms with Gasteiger partial charge in [-0.25, -0.2) is 4.79 Å². The van der Waals surface area contributed by atoms with E-state index in [0.29, 0.717) is 5.56 Å². The summed E-state index contributed by atoms with van der Waals surface area (Å²) >= 11 is 0. The summed E-state index contributed by atoms with van der Waals surface area (Å²) in [7, 11) is 1.50. The van der Waals surface area contributed by atoms with Crippen LogP contribution in [0.1, 0.15) is 17.5 Å². The highest BCUT2D eigenvalue weighted by molar-refractivity contribution is 5.76. The molecule has 0 saturated heterocycles. The van der Waals surface area contributed by atoms with E-state index < -0.39 is 23.7 Å². The molecule has 3 N–H and O–H groups in total. The molecule has 0 aliphatic rings. The Labute approximate surface area is 126 Å². The zero-order chi connectivity index (χ0) is 16.8. The highest BCUT2D eigenvalue weighted by Crippen LogP contribution is 2.29. The van der Waals surface area contributed by atoms with Crippen LogP contribution >= 0.6 is 0 Å². The van der Waals surface area contributed by atoms with Gasteiger partial charge in [0.05, 0.1) is 5.56 Å². The number of nitrogens with zero attached hydrogens (tertiary/aromatic N) is 1. The van der Waals surface area contributed by atoms with E-state index >= 15 is 0 Å². The van der Waals surface area contributed by atoms with Gasteiger partial charge in [-0.05, 0) is 18.1 Å². The van der Waals surface area contributed by atoms with Gasteiger partial charge in [0.15, 0.2) is 0 Å². The van der Waals surface area contributed by atoms with Crippen molar-refractivity contribution in [3.63, 3.8) is 0 Å². The number of carbonyl (C=O) groups excluding carboxylic acids is 2. The van der Waals surface area contributed by atoms with Crippen LogP contribution in [0.15, 0.2) is 24.3 Å². The molecule has 0 heterocycles. The van der Waals surface area contributed by atoms with E-state index in [-0.39, 0.29) is 25.9 Å². The molecule has 0 aliphatic carbocycles. The fourth-order valence-corrected chi connectivity index (χ4v) is 1.73. The molecule has 0 aliphatic heterocycles. The lowest BCUT2D eigenvalue weighted by Gasteiger charge is -2.17. The van der Waals surface area contributed by atoms with E-state index in [2.05, 4.69) is 5.32 Å². The van der Waals surface area contributed by atoms with E-state index in [1.807, 2.05) is 0 Å². The Balaban J connectivity index is 2.44. The highest BCUT2D eigenvalue weighted by Gasteiger charge is 2.30. The van der Waals surface area contributed by atoms with E-state index in [9.17, 15) is 22.8 Å². The third kappa shape index (κ3) is 6.02. The normalized spacial score (nSPS) is 11.1. The Morgan fingerprint density at radius 1 is 1.32 bits per heavy atom. The molecule has 0 saturated carbocycles. The minimum absolute atomic E-state index is 0.0531. The summed E-state index contributed by atoms with van der Waals surface area (Å²) in [5, 5.41) is 2.57. The number of benzene rings is 1. The van der Waals surface area contributed by atoms with Gasteiger partial charge in [0.25, 0.3) is 0 Å². The molecule has 122 valence electrons. The van der Waals surface area contributed by atoms with E-state index in [0.717, 1.165) is 12.1 Å². The lowest BCUT2D eigenvalue weighted by atomic mass is 10.1. The SMILES string of the molecule is CN(CCC(N)=O)C(=O)NCCc1cccc(C(F)(F)F)c1. The summed E-state index contributed by atoms with van der Waals surface area (Å²) < 4.78 is 37.7. The van der Waals surface area contributed by atoms with Gasteiger partial charge in [0, 0.05) is 26.6 Å². The standard InChI is InChI=1S/C14H18F3N3O2/c1-20(8-6-12(18)21)13(22)19-7-5-10-3-2-4-11(9-10)14(15,16)17/h2-4,9H,5-8H2,1H3,(H2,18,21)(H,19,22). The largest absolute Gasteiger partial charge is 0.416 e. The summed E-state index contributed by atoms with van der Waals surface area (Å²) in [4.78, 5) is 23.6. The maximum absolute atomic E-state index is 12.6. The molecule has 0 fully saturated rings. The Bertz CT molecular complexity index is 532. The molecule has 8 heteroatoms. The molecule has 0 radical (unpaired) electrons. The molecule has 1 rings (SSSR count). The molecule has 22 heavy (non-hydrogen) atoms. The molecule has 0 unspecified atom stereocenters. The third-order valence-corrected chi connectivity index (χ3v) is 2.98. The monoisotopic (exact) mass is 317 g/mol. The quantitative estimate of drug-likeness (QED) is 0.839. The van der Waals surface area contributed by atoms with Gasteiger partial charge in [0.1, 0.15) is 0 Å². The number of carbonyl (C=O) groups is 2. The smallest absolute Gasteiger partial charge is 0.370 e. The van der Waals surface area contributed by atoms with Gasteiger partial charge in [-0.1, -0.05) is 18.2 Å². The van der Waals surface area contributed by atoms with Gasteiger partial charge in [-0.15, -0.1) is 0 Å². The summed E-state index contributed by atoms with van der Waals surface area (Å²) in [6, 6.07) is 4.55. The van der Waals surface area contributed by atoms with Crippen LogP contribution in [-0.2, 0) is 17.4 Å². The first kappa shape index (κ1) is 17.8. The minimum Gasteiger partial charge on any atom is -0.370 e. The average molecular weight is 317 g/mol. The molecule has 3 amide bonds. The van der Waals surface area contributed by atoms with Gasteiger partial charge >= 0.3 is 12.2 Å². The first-order valence-electron chi connectivity index (χ1n) is 6.63. The maximum atomic E-state index is 12.6. The molecule has 1 aromatic rings. The van der Waals surface area contributed by atoms with E-state index in [1.165, 1.54) is 18.0 Å². The average Bonchev–Trinajstić information content (AvgIpc) is 2.44. The van der Waals surface area contributed by atoms with Crippen molar-refractivity contribution in [3.8, 4) is 0 Å². The van der Waals surface area contributed by atoms with Crippen LogP contribution < -0.4 is 11.1 Å². The zero-order valence-corrected chi connectivity index (χ0v) is 12.1. The number of hydrogen-bond acceptors (Lipinski definition) is 2. The van der Waals surface area contributed by atoms with Crippen molar-refractivity contribution >= 4 is 11.9 Å². The molecular formula is C14H18F3N3O2. The first-order valence-corrected chi connectivity index (χ1v) is 6.63. The van der Waals surface area contributed by atoms with Crippen molar-refractivity contribution in [2.45, 2.75) is 19.0 Å². The molecule has 0 atom stereocenters. The van der Waals surface area contributed by atoms with Gasteiger partial charge < -0.3 is 16.0 Å². The van der Waals surface area contributed by atoms with Gasteiger partial charge in [0.2, 0.25) is 5.91 Å². The summed E-state index contributed by atoms with van der Waals surface area (Å²) in [6.45, 7) is 0.381. The van der Waals surface area contributed by atoms with Crippen molar-refractivity contribution < 1.29 is 22.8 Å². The maximum Gasteiger partial charge on any atom is 0.416 e. The molecule has 1 aromatic carbocycles. The minimum atomic E-state index is -4.38. The van der Waals surface area contributed by atoms with Crippen LogP contribution in [0.5, 0.6) is 0 Å². The Kier molecular flexibility index (Phi) is 6.21. The van der Waals surface area contributed by atoms with E-state index in [4.69, 9.17) is 5.73 Å². The number of amides is 3. The van der Waals surface area contributed by atoms with Crippen molar-refractivity contribution in [2.24, 2.45) is 5.73 Å². The fraction of sp³-hybridized carbons (Fsp3) is 0.429. The van der Waals surface area contributed by atoms with Crippen LogP contribution in [0.3, 0.4) is 0 Å². The predicted octanol–water partition coefficient (Wildman–Crippen LogP) is 1.76. The lowest BCUT2D eigenvalue weighted by Crippen LogP contribution is -2.39. The molecular weight excluding hydrogens is 299 g/mol. The van der Waals surface area contributed by atoms with Crippen LogP contribution in [-0.4, -0.2) is 37.0 Å². The third-order valence-electron chi connectivity index (χ3n) is 2.98. The van der Waals surface area contributed by atoms with Crippen molar-refractivity contribution in [2.75, 3.05) is 20.1 Å². The summed E-state index contributed by atoms with van der Waals surface area (Å²) in [5.74, 6) is -0.511. The molecule has 0 bridgehead atoms. The highest BCUT2D eigenvalue weighted by atomic mass is 19.4. The number of rotatable bonds is 6.